The maximum absolute atomic E-state index is 11.9. The third-order valence-electron chi connectivity index (χ3n) is 2.90. The fourth-order valence-electron chi connectivity index (χ4n) is 2.27. The average Bonchev–Trinajstić information content (AvgIpc) is 2.51. The molecular formula is C8H13NO3. The monoisotopic (exact) mass is 171 g/mol. The van der Waals surface area contributed by atoms with Crippen molar-refractivity contribution in [2.24, 2.45) is 0 Å². The minimum atomic E-state index is -0.552. The number of aliphatic hydroxyl groups is 2. The van der Waals surface area contributed by atoms with Crippen LogP contribution in [-0.2, 0) is 0 Å². The molecule has 1 unspecified atom stereocenters. The van der Waals surface area contributed by atoms with Gasteiger partial charge in [-0.2, -0.15) is 0 Å². The van der Waals surface area contributed by atoms with Crippen molar-refractivity contribution in [3.63, 3.8) is 0 Å². The SMILES string of the molecule is [O-][N+]12CC=C(CO)[C@@H]1[C@H](O)CC2. The normalized spacial score (nSPS) is 46.1. The molecule has 0 amide bonds. The molecule has 4 nitrogen and oxygen atoms in total. The summed E-state index contributed by atoms with van der Waals surface area (Å²) in [5, 5.41) is 30.3. The van der Waals surface area contributed by atoms with Crippen molar-refractivity contribution in [2.75, 3.05) is 19.7 Å². The van der Waals surface area contributed by atoms with Crippen LogP contribution in [0.15, 0.2) is 11.6 Å². The molecule has 1 fully saturated rings. The van der Waals surface area contributed by atoms with Crippen LogP contribution in [-0.4, -0.2) is 46.7 Å². The zero-order valence-corrected chi connectivity index (χ0v) is 6.81. The third-order valence-corrected chi connectivity index (χ3v) is 2.90. The lowest BCUT2D eigenvalue weighted by Gasteiger charge is -2.40. The molecular weight excluding hydrogens is 158 g/mol. The van der Waals surface area contributed by atoms with Gasteiger partial charge in [-0.1, -0.05) is 0 Å². The molecule has 0 radical (unpaired) electrons. The molecule has 2 aliphatic rings. The van der Waals surface area contributed by atoms with E-state index in [0.29, 0.717) is 19.5 Å². The second kappa shape index (κ2) is 2.53. The molecule has 2 rings (SSSR count). The summed E-state index contributed by atoms with van der Waals surface area (Å²) in [5.74, 6) is 0. The number of rotatable bonds is 1. The standard InChI is InChI=1S/C8H13NO3/c10-5-6-1-3-9(12)4-2-7(11)8(6)9/h1,7-8,10-11H,2-5H2/t7-,8-,9?/m1/s1. The maximum atomic E-state index is 11.9. The van der Waals surface area contributed by atoms with Crippen molar-refractivity contribution in [3.05, 3.63) is 16.9 Å². The van der Waals surface area contributed by atoms with Crippen LogP contribution in [0.5, 0.6) is 0 Å². The molecule has 0 spiro atoms. The molecule has 3 atom stereocenters. The van der Waals surface area contributed by atoms with E-state index < -0.39 is 6.10 Å². The van der Waals surface area contributed by atoms with Crippen molar-refractivity contribution in [2.45, 2.75) is 18.6 Å². The number of aliphatic hydroxyl groups excluding tert-OH is 2. The van der Waals surface area contributed by atoms with E-state index in [0.717, 1.165) is 5.57 Å². The van der Waals surface area contributed by atoms with Gasteiger partial charge >= 0.3 is 0 Å². The molecule has 12 heavy (non-hydrogen) atoms. The first kappa shape index (κ1) is 8.19. The van der Waals surface area contributed by atoms with Gasteiger partial charge in [-0.3, -0.25) is 0 Å². The van der Waals surface area contributed by atoms with Crippen LogP contribution in [0.2, 0.25) is 0 Å². The number of quaternary nitrogens is 1. The molecule has 0 aromatic heterocycles. The van der Waals surface area contributed by atoms with Gasteiger partial charge in [0.15, 0.2) is 0 Å². The highest BCUT2D eigenvalue weighted by molar-refractivity contribution is 5.17. The van der Waals surface area contributed by atoms with E-state index in [4.69, 9.17) is 5.11 Å². The predicted octanol–water partition coefficient (Wildman–Crippen LogP) is -0.634. The molecule has 4 heteroatoms. The largest absolute Gasteiger partial charge is 0.632 e. The quantitative estimate of drug-likeness (QED) is 0.313. The number of nitrogens with zero attached hydrogens (tertiary/aromatic N) is 1. The number of hydrogen-bond donors (Lipinski definition) is 2. The minimum absolute atomic E-state index is 0.0933. The van der Waals surface area contributed by atoms with E-state index in [-0.39, 0.29) is 17.3 Å². The Bertz CT molecular complexity index is 228. The van der Waals surface area contributed by atoms with Gasteiger partial charge < -0.3 is 20.1 Å². The summed E-state index contributed by atoms with van der Waals surface area (Å²) >= 11 is 0. The molecule has 1 saturated heterocycles. The van der Waals surface area contributed by atoms with E-state index in [1.165, 1.54) is 0 Å². The lowest BCUT2D eigenvalue weighted by atomic mass is 10.1. The van der Waals surface area contributed by atoms with Gasteiger partial charge in [0.1, 0.15) is 12.1 Å². The summed E-state index contributed by atoms with van der Waals surface area (Å²) < 4.78 is -0.350. The highest BCUT2D eigenvalue weighted by atomic mass is 16.6. The van der Waals surface area contributed by atoms with Gasteiger partial charge in [-0.25, -0.2) is 0 Å². The Morgan fingerprint density at radius 1 is 1.67 bits per heavy atom. The lowest BCUT2D eigenvalue weighted by molar-refractivity contribution is -0.877. The molecule has 68 valence electrons. The van der Waals surface area contributed by atoms with Crippen LogP contribution in [0.1, 0.15) is 6.42 Å². The van der Waals surface area contributed by atoms with Crippen LogP contribution in [0.4, 0.5) is 0 Å². The van der Waals surface area contributed by atoms with Gasteiger partial charge in [0.05, 0.1) is 19.7 Å². The summed E-state index contributed by atoms with van der Waals surface area (Å²) in [6.45, 7) is 0.799. The second-order valence-electron chi connectivity index (χ2n) is 3.60. The number of hydroxylamine groups is 3. The zero-order chi connectivity index (χ0) is 8.77. The van der Waals surface area contributed by atoms with E-state index in [2.05, 4.69) is 0 Å². The van der Waals surface area contributed by atoms with Gasteiger partial charge in [-0.05, 0) is 6.08 Å². The minimum Gasteiger partial charge on any atom is -0.632 e. The predicted molar refractivity (Wildman–Crippen MR) is 42.9 cm³/mol. The van der Waals surface area contributed by atoms with Crippen molar-refractivity contribution < 1.29 is 14.9 Å². The Morgan fingerprint density at radius 3 is 3.08 bits per heavy atom. The van der Waals surface area contributed by atoms with Crippen LogP contribution < -0.4 is 0 Å². The van der Waals surface area contributed by atoms with Crippen LogP contribution in [0.3, 0.4) is 0 Å². The van der Waals surface area contributed by atoms with Crippen molar-refractivity contribution >= 4 is 0 Å². The van der Waals surface area contributed by atoms with Gasteiger partial charge in [-0.15, -0.1) is 0 Å². The molecule has 0 saturated carbocycles. The first-order valence-corrected chi connectivity index (χ1v) is 4.23. The smallest absolute Gasteiger partial charge is 0.139 e. The average molecular weight is 171 g/mol. The Hall–Kier alpha value is -0.420. The third kappa shape index (κ3) is 0.927. The Balaban J connectivity index is 2.25. The number of fused-ring (bicyclic) bond motifs is 1. The topological polar surface area (TPSA) is 63.5 Å². The Kier molecular flexibility index (Phi) is 1.73. The fourth-order valence-corrected chi connectivity index (χ4v) is 2.27. The van der Waals surface area contributed by atoms with Crippen molar-refractivity contribution in [1.29, 1.82) is 0 Å². The second-order valence-corrected chi connectivity index (χ2v) is 3.60. The zero-order valence-electron chi connectivity index (χ0n) is 6.81. The summed E-state index contributed by atoms with van der Waals surface area (Å²) in [5.41, 5.74) is 0.718. The van der Waals surface area contributed by atoms with Gasteiger partial charge in [0, 0.05) is 12.0 Å². The number of hydrogen-bond acceptors (Lipinski definition) is 3. The molecule has 2 aliphatic heterocycles. The molecule has 0 bridgehead atoms. The Morgan fingerprint density at radius 2 is 2.42 bits per heavy atom. The lowest BCUT2D eigenvalue weighted by Crippen LogP contribution is -2.46. The fraction of sp³-hybridized carbons (Fsp3) is 0.750. The van der Waals surface area contributed by atoms with Crippen LogP contribution in [0.25, 0.3) is 0 Å². The van der Waals surface area contributed by atoms with E-state index >= 15 is 0 Å². The van der Waals surface area contributed by atoms with E-state index in [1.807, 2.05) is 0 Å². The summed E-state index contributed by atoms with van der Waals surface area (Å²) in [7, 11) is 0. The molecule has 2 heterocycles. The van der Waals surface area contributed by atoms with Gasteiger partial charge in [0.25, 0.3) is 0 Å². The highest BCUT2D eigenvalue weighted by Gasteiger charge is 2.46. The summed E-state index contributed by atoms with van der Waals surface area (Å²) in [6.07, 6.45) is 1.77. The van der Waals surface area contributed by atoms with E-state index in [9.17, 15) is 10.3 Å². The molecule has 0 aromatic carbocycles. The van der Waals surface area contributed by atoms with Crippen LogP contribution >= 0.6 is 0 Å². The van der Waals surface area contributed by atoms with Crippen molar-refractivity contribution in [3.8, 4) is 0 Å². The first-order chi connectivity index (χ1) is 5.67. The van der Waals surface area contributed by atoms with Gasteiger partial charge in [0.2, 0.25) is 0 Å². The first-order valence-electron chi connectivity index (χ1n) is 4.23. The summed E-state index contributed by atoms with van der Waals surface area (Å²) in [6, 6.07) is -0.380. The maximum Gasteiger partial charge on any atom is 0.139 e. The highest BCUT2D eigenvalue weighted by Crippen LogP contribution is 2.35. The molecule has 0 aliphatic carbocycles. The Labute approximate surface area is 70.9 Å². The summed E-state index contributed by atoms with van der Waals surface area (Å²) in [4.78, 5) is 0. The molecule has 0 aromatic rings. The van der Waals surface area contributed by atoms with E-state index in [1.54, 1.807) is 6.08 Å². The van der Waals surface area contributed by atoms with Crippen LogP contribution in [0, 0.1) is 5.21 Å². The molecule has 2 N–H and O–H groups in total. The van der Waals surface area contributed by atoms with Crippen molar-refractivity contribution in [1.82, 2.24) is 0 Å².